The molecule has 0 aromatic heterocycles. The summed E-state index contributed by atoms with van der Waals surface area (Å²) in [6.07, 6.45) is 0. The Morgan fingerprint density at radius 2 is 1.83 bits per heavy atom. The maximum atomic E-state index is 12.0. The van der Waals surface area contributed by atoms with Gasteiger partial charge in [-0.1, -0.05) is 15.3 Å². The number of benzene rings is 2. The second-order valence-electron chi connectivity index (χ2n) is 4.77. The molecule has 24 heavy (non-hydrogen) atoms. The first-order chi connectivity index (χ1) is 11.2. The van der Waals surface area contributed by atoms with Crippen LogP contribution in [0.1, 0.15) is 17.3 Å². The molecule has 0 aliphatic heterocycles. The van der Waals surface area contributed by atoms with E-state index in [1.807, 2.05) is 0 Å². The number of halogens is 2. The van der Waals surface area contributed by atoms with E-state index in [2.05, 4.69) is 0 Å². The molecule has 126 valence electrons. The number of carbonyl (C=O) groups excluding carboxylic acids is 1. The largest absolute Gasteiger partial charge is 0.872 e. The van der Waals surface area contributed by atoms with E-state index in [9.17, 15) is 20.0 Å². The molecule has 2 aromatic carbocycles. The molecule has 0 N–H and O–H groups in total. The number of non-ortho nitro benzene ring substituents is 1. The lowest BCUT2D eigenvalue weighted by Gasteiger charge is -2.16. The molecule has 0 fully saturated rings. The Hall–Kier alpha value is -2.35. The molecule has 0 aliphatic carbocycles. The zero-order valence-electron chi connectivity index (χ0n) is 12.4. The maximum Gasteiger partial charge on any atom is 0.343 e. The van der Waals surface area contributed by atoms with Crippen LogP contribution in [0.25, 0.3) is 0 Å². The first-order valence-electron chi connectivity index (χ1n) is 6.80. The predicted octanol–water partition coefficient (Wildman–Crippen LogP) is 3.52. The lowest BCUT2D eigenvalue weighted by molar-refractivity contribution is -0.385. The Kier molecular flexibility index (Phi) is 5.28. The summed E-state index contributed by atoms with van der Waals surface area (Å²) in [5.74, 6) is -1.49. The minimum atomic E-state index is -0.982. The quantitative estimate of drug-likeness (QED) is 0.264. The number of nitrogens with zero attached hydrogens (tertiary/aromatic N) is 2. The Morgan fingerprint density at radius 3 is 2.38 bits per heavy atom. The van der Waals surface area contributed by atoms with E-state index in [0.29, 0.717) is 12.2 Å². The van der Waals surface area contributed by atoms with Crippen LogP contribution in [0, 0.1) is 10.1 Å². The molecule has 0 aliphatic rings. The summed E-state index contributed by atoms with van der Waals surface area (Å²) < 4.78 is 4.68. The highest BCUT2D eigenvalue weighted by atomic mass is 35.5. The summed E-state index contributed by atoms with van der Waals surface area (Å²) in [6, 6.07) is 8.92. The van der Waals surface area contributed by atoms with Crippen molar-refractivity contribution in [3.05, 3.63) is 58.1 Å². The van der Waals surface area contributed by atoms with Gasteiger partial charge in [-0.2, -0.15) is 0 Å². The van der Waals surface area contributed by atoms with Crippen LogP contribution < -0.4 is 13.4 Å². The van der Waals surface area contributed by atoms with E-state index in [-0.39, 0.29) is 15.0 Å². The summed E-state index contributed by atoms with van der Waals surface area (Å²) >= 11 is 12.1. The number of nitro groups is 1. The van der Waals surface area contributed by atoms with Crippen LogP contribution in [-0.4, -0.2) is 17.4 Å². The average molecular weight is 371 g/mol. The van der Waals surface area contributed by atoms with Gasteiger partial charge in [0.25, 0.3) is 5.69 Å². The van der Waals surface area contributed by atoms with Crippen LogP contribution in [0.4, 0.5) is 11.4 Å². The van der Waals surface area contributed by atoms with E-state index in [1.165, 1.54) is 12.1 Å². The number of carbonyl (C=O) groups is 1. The fourth-order valence-electron chi connectivity index (χ4n) is 1.87. The van der Waals surface area contributed by atoms with Gasteiger partial charge in [-0.05, 0) is 19.1 Å². The maximum absolute atomic E-state index is 12.0. The second-order valence-corrected chi connectivity index (χ2v) is 6.09. The molecule has 0 unspecified atom stereocenters. The molecule has 2 rings (SSSR count). The summed E-state index contributed by atoms with van der Waals surface area (Å²) in [5.41, 5.74) is -0.214. The number of hydrogen-bond donors (Lipinski definition) is 0. The molecular weight excluding hydrogens is 359 g/mol. The number of hydrogen-bond acceptors (Lipinski definition) is 5. The third kappa shape index (κ3) is 3.94. The minimum Gasteiger partial charge on any atom is -0.872 e. The highest BCUT2D eigenvalue weighted by Crippen LogP contribution is 2.31. The lowest BCUT2D eigenvalue weighted by atomic mass is 10.2. The van der Waals surface area contributed by atoms with Crippen LogP contribution in [0.5, 0.6) is 11.5 Å². The Bertz CT molecular complexity index is 778. The number of nitro benzene ring substituents is 1. The van der Waals surface area contributed by atoms with E-state index >= 15 is 0 Å². The molecule has 7 nitrogen and oxygen atoms in total. The van der Waals surface area contributed by atoms with Gasteiger partial charge in [0.2, 0.25) is 0 Å². The van der Waals surface area contributed by atoms with Gasteiger partial charge in [0.1, 0.15) is 12.3 Å². The minimum absolute atomic E-state index is 0.152. The van der Waals surface area contributed by atoms with Gasteiger partial charge in [0, 0.05) is 24.3 Å². The molecule has 0 amide bonds. The van der Waals surface area contributed by atoms with Gasteiger partial charge in [-0.3, -0.25) is 10.1 Å². The van der Waals surface area contributed by atoms with Crippen molar-refractivity contribution >= 4 is 40.9 Å². The zero-order chi connectivity index (χ0) is 17.9. The van der Waals surface area contributed by atoms with Crippen molar-refractivity contribution in [1.29, 1.82) is 0 Å². The lowest BCUT2D eigenvalue weighted by Crippen LogP contribution is -2.26. The molecule has 0 bridgehead atoms. The van der Waals surface area contributed by atoms with E-state index in [0.717, 1.165) is 18.2 Å². The van der Waals surface area contributed by atoms with Crippen molar-refractivity contribution in [1.82, 2.24) is 3.52 Å². The van der Waals surface area contributed by atoms with Crippen molar-refractivity contribution in [2.45, 2.75) is 6.92 Å². The first kappa shape index (κ1) is 18.0. The molecular formula is C15H12Cl2N2O5. The number of esters is 1. The molecule has 0 spiro atoms. The highest BCUT2D eigenvalue weighted by Gasteiger charge is 2.25. The van der Waals surface area contributed by atoms with Crippen LogP contribution in [0.2, 0.25) is 0 Å². The Labute approximate surface area is 147 Å². The van der Waals surface area contributed by atoms with Crippen LogP contribution in [0.3, 0.4) is 0 Å². The van der Waals surface area contributed by atoms with E-state index < -0.39 is 22.2 Å². The summed E-state index contributed by atoms with van der Waals surface area (Å²) in [5, 5.41) is 22.4. The predicted molar refractivity (Wildman–Crippen MR) is 88.0 cm³/mol. The van der Waals surface area contributed by atoms with Crippen LogP contribution in [-0.2, 0) is 0 Å². The molecule has 2 aromatic rings. The summed E-state index contributed by atoms with van der Waals surface area (Å²) in [4.78, 5) is 22.1. The smallest absolute Gasteiger partial charge is 0.343 e. The van der Waals surface area contributed by atoms with Gasteiger partial charge in [-0.25, -0.2) is 4.79 Å². The molecule has 0 atom stereocenters. The van der Waals surface area contributed by atoms with Crippen molar-refractivity contribution in [3.8, 4) is 11.5 Å². The SMILES string of the molecule is CC[N+](Cl)(Cl)c1ccc(OC(=O)c2cc([N+](=O)[O-])ccc2[O-])cc1. The zero-order valence-corrected chi connectivity index (χ0v) is 14.0. The molecule has 0 radical (unpaired) electrons. The number of quaternary nitrogens is 1. The average Bonchev–Trinajstić information content (AvgIpc) is 2.55. The van der Waals surface area contributed by atoms with Gasteiger partial charge < -0.3 is 9.84 Å². The molecule has 0 saturated heterocycles. The number of ether oxygens (including phenoxy) is 1. The summed E-state index contributed by atoms with van der Waals surface area (Å²) in [7, 11) is 0. The molecule has 9 heteroatoms. The fraction of sp³-hybridized carbons (Fsp3) is 0.133. The molecule has 0 heterocycles. The van der Waals surface area contributed by atoms with Crippen molar-refractivity contribution in [3.63, 3.8) is 0 Å². The van der Waals surface area contributed by atoms with Gasteiger partial charge in [0.05, 0.1) is 10.5 Å². The molecule has 0 saturated carbocycles. The van der Waals surface area contributed by atoms with Crippen molar-refractivity contribution in [2.75, 3.05) is 6.54 Å². The van der Waals surface area contributed by atoms with Gasteiger partial charge >= 0.3 is 5.97 Å². The first-order valence-corrected chi connectivity index (χ1v) is 7.48. The van der Waals surface area contributed by atoms with Crippen LogP contribution in [0.15, 0.2) is 42.5 Å². The Morgan fingerprint density at radius 1 is 1.21 bits per heavy atom. The number of rotatable bonds is 5. The third-order valence-corrected chi connectivity index (χ3v) is 4.08. The van der Waals surface area contributed by atoms with Crippen molar-refractivity contribution < 1.29 is 19.6 Å². The standard InChI is InChI=1S/C15H12Cl2N2O5/c1-2-19(16,17)11-4-6-12(7-5-11)24-15(21)13-9-10(18(22)23)3-8-14(13)20/h3-9H,2H2,1H3. The Balaban J connectivity index is 2.21. The summed E-state index contributed by atoms with van der Waals surface area (Å²) in [6.45, 7) is 2.22. The monoisotopic (exact) mass is 370 g/mol. The fourth-order valence-corrected chi connectivity index (χ4v) is 2.09. The normalized spacial score (nSPS) is 11.1. The van der Waals surface area contributed by atoms with Crippen molar-refractivity contribution in [2.24, 2.45) is 0 Å². The van der Waals surface area contributed by atoms with E-state index in [4.69, 9.17) is 28.3 Å². The second kappa shape index (κ2) is 7.04. The van der Waals surface area contributed by atoms with Gasteiger partial charge in [0.15, 0.2) is 29.2 Å². The topological polar surface area (TPSA) is 92.5 Å². The van der Waals surface area contributed by atoms with Gasteiger partial charge in [-0.15, -0.1) is 0 Å². The van der Waals surface area contributed by atoms with E-state index in [1.54, 1.807) is 19.1 Å². The van der Waals surface area contributed by atoms with Crippen LogP contribution >= 0.6 is 23.6 Å². The third-order valence-electron chi connectivity index (χ3n) is 3.22. The highest BCUT2D eigenvalue weighted by molar-refractivity contribution is 6.43.